The van der Waals surface area contributed by atoms with Crippen LogP contribution in [0.1, 0.15) is 34.8 Å². The van der Waals surface area contributed by atoms with E-state index in [-0.39, 0.29) is 5.91 Å². The van der Waals surface area contributed by atoms with E-state index >= 15 is 0 Å². The highest BCUT2D eigenvalue weighted by Gasteiger charge is 2.06. The lowest BCUT2D eigenvalue weighted by molar-refractivity contribution is 0.0955. The topological polar surface area (TPSA) is 41.5 Å². The van der Waals surface area contributed by atoms with Gasteiger partial charge in [-0.3, -0.25) is 4.79 Å². The van der Waals surface area contributed by atoms with Crippen LogP contribution in [0.5, 0.6) is 0 Å². The molecule has 3 aromatic carbocycles. The Balaban J connectivity index is 1.58. The van der Waals surface area contributed by atoms with Crippen molar-refractivity contribution < 1.29 is 4.79 Å². The summed E-state index contributed by atoms with van der Waals surface area (Å²) in [6, 6.07) is 25.2. The number of rotatable bonds is 7. The summed E-state index contributed by atoms with van der Waals surface area (Å²) in [6.45, 7) is 2.02. The Morgan fingerprint density at radius 1 is 0.929 bits per heavy atom. The van der Waals surface area contributed by atoms with E-state index in [2.05, 4.69) is 10.5 Å². The van der Waals surface area contributed by atoms with Crippen molar-refractivity contribution in [1.29, 1.82) is 0 Å². The molecule has 0 fully saturated rings. The molecule has 5 heteroatoms. The van der Waals surface area contributed by atoms with Gasteiger partial charge in [-0.05, 0) is 53.9 Å². The molecule has 3 aromatic rings. The van der Waals surface area contributed by atoms with Crippen LogP contribution in [0.3, 0.4) is 0 Å². The molecule has 0 aliphatic carbocycles. The number of carbonyl (C=O) groups is 1. The third-order valence-electron chi connectivity index (χ3n) is 4.17. The van der Waals surface area contributed by atoms with Gasteiger partial charge in [0.2, 0.25) is 0 Å². The average molecular weight is 409 g/mol. The first-order valence-corrected chi connectivity index (χ1v) is 10.4. The number of benzene rings is 3. The minimum absolute atomic E-state index is 0.209. The highest BCUT2D eigenvalue weighted by molar-refractivity contribution is 7.98. The summed E-state index contributed by atoms with van der Waals surface area (Å²) in [4.78, 5) is 13.5. The van der Waals surface area contributed by atoms with Crippen LogP contribution >= 0.6 is 23.4 Å². The van der Waals surface area contributed by atoms with Crippen molar-refractivity contribution >= 4 is 35.0 Å². The highest BCUT2D eigenvalue weighted by atomic mass is 35.5. The van der Waals surface area contributed by atoms with Crippen molar-refractivity contribution in [2.24, 2.45) is 5.10 Å². The number of thioether (sulfide) groups is 1. The van der Waals surface area contributed by atoms with Gasteiger partial charge in [-0.1, -0.05) is 61.0 Å². The summed E-state index contributed by atoms with van der Waals surface area (Å²) in [5, 5.41) is 5.03. The van der Waals surface area contributed by atoms with Gasteiger partial charge in [0.1, 0.15) is 0 Å². The van der Waals surface area contributed by atoms with E-state index in [1.54, 1.807) is 11.8 Å². The first-order chi connectivity index (χ1) is 13.7. The van der Waals surface area contributed by atoms with E-state index in [4.69, 9.17) is 11.6 Å². The van der Waals surface area contributed by atoms with Crippen molar-refractivity contribution in [1.82, 2.24) is 5.43 Å². The molecule has 1 amide bonds. The van der Waals surface area contributed by atoms with Crippen LogP contribution in [0.4, 0.5) is 0 Å². The van der Waals surface area contributed by atoms with Crippen LogP contribution in [-0.2, 0) is 5.75 Å². The number of nitrogens with one attached hydrogen (secondary N) is 1. The molecule has 28 heavy (non-hydrogen) atoms. The van der Waals surface area contributed by atoms with E-state index in [0.717, 1.165) is 38.9 Å². The third kappa shape index (κ3) is 5.72. The lowest BCUT2D eigenvalue weighted by atomic mass is 10.1. The zero-order chi connectivity index (χ0) is 19.8. The normalized spacial score (nSPS) is 11.3. The lowest BCUT2D eigenvalue weighted by Crippen LogP contribution is -2.20. The van der Waals surface area contributed by atoms with Gasteiger partial charge < -0.3 is 0 Å². The van der Waals surface area contributed by atoms with Crippen LogP contribution in [0.25, 0.3) is 0 Å². The number of nitrogens with zero attached hydrogens (tertiary/aromatic N) is 1. The van der Waals surface area contributed by atoms with Crippen LogP contribution in [0, 0.1) is 0 Å². The number of halogens is 1. The fraction of sp³-hybridized carbons (Fsp3) is 0.130. The maximum atomic E-state index is 12.4. The van der Waals surface area contributed by atoms with Gasteiger partial charge in [0.25, 0.3) is 5.91 Å². The van der Waals surface area contributed by atoms with Gasteiger partial charge >= 0.3 is 0 Å². The van der Waals surface area contributed by atoms with Crippen LogP contribution in [0.2, 0.25) is 5.02 Å². The monoisotopic (exact) mass is 408 g/mol. The summed E-state index contributed by atoms with van der Waals surface area (Å²) in [5.41, 5.74) is 6.27. The van der Waals surface area contributed by atoms with Gasteiger partial charge in [-0.25, -0.2) is 5.43 Å². The van der Waals surface area contributed by atoms with E-state index in [9.17, 15) is 4.79 Å². The summed E-state index contributed by atoms with van der Waals surface area (Å²) >= 11 is 7.64. The second-order valence-electron chi connectivity index (χ2n) is 6.16. The van der Waals surface area contributed by atoms with E-state index < -0.39 is 0 Å². The summed E-state index contributed by atoms with van der Waals surface area (Å²) in [7, 11) is 0. The standard InChI is InChI=1S/C23H21ClN2OS/c1-2-22(18-6-4-3-5-7-18)25-26-23(27)19-10-8-17(9-11-19)16-28-21-14-12-20(24)13-15-21/h3-15H,2,16H2,1H3,(H,26,27)/b25-22+. The van der Waals surface area contributed by atoms with Gasteiger partial charge in [-0.2, -0.15) is 5.10 Å². The first kappa shape index (κ1) is 20.2. The molecule has 0 aliphatic heterocycles. The zero-order valence-corrected chi connectivity index (χ0v) is 17.1. The SMILES string of the molecule is CC/C(=N\NC(=O)c1ccc(CSc2ccc(Cl)cc2)cc1)c1ccccc1. The Hall–Kier alpha value is -2.56. The Morgan fingerprint density at radius 3 is 2.25 bits per heavy atom. The second kappa shape index (κ2) is 10.1. The Bertz CT molecular complexity index is 939. The number of amides is 1. The van der Waals surface area contributed by atoms with Crippen LogP contribution in [0.15, 0.2) is 88.9 Å². The van der Waals surface area contributed by atoms with E-state index in [1.165, 1.54) is 0 Å². The molecule has 0 saturated carbocycles. The molecule has 3 rings (SSSR count). The predicted octanol–water partition coefficient (Wildman–Crippen LogP) is 6.18. The van der Waals surface area contributed by atoms with Crippen molar-refractivity contribution in [3.63, 3.8) is 0 Å². The Kier molecular flexibility index (Phi) is 7.29. The summed E-state index contributed by atoms with van der Waals surface area (Å²) in [5.74, 6) is 0.620. The molecule has 0 atom stereocenters. The molecule has 0 unspecified atom stereocenters. The lowest BCUT2D eigenvalue weighted by Gasteiger charge is -2.06. The van der Waals surface area contributed by atoms with E-state index in [0.29, 0.717) is 5.56 Å². The number of carbonyl (C=O) groups excluding carboxylic acids is 1. The van der Waals surface area contributed by atoms with Gasteiger partial charge in [0.15, 0.2) is 0 Å². The fourth-order valence-electron chi connectivity index (χ4n) is 2.61. The smallest absolute Gasteiger partial charge is 0.267 e. The van der Waals surface area contributed by atoms with Crippen molar-refractivity contribution in [3.8, 4) is 0 Å². The molecule has 0 bridgehead atoms. The van der Waals surface area contributed by atoms with Gasteiger partial charge in [0.05, 0.1) is 5.71 Å². The third-order valence-corrected chi connectivity index (χ3v) is 5.50. The van der Waals surface area contributed by atoms with Crippen LogP contribution < -0.4 is 5.43 Å². The Labute approximate surface area is 174 Å². The number of hydrogen-bond acceptors (Lipinski definition) is 3. The van der Waals surface area contributed by atoms with E-state index in [1.807, 2.05) is 85.8 Å². The quantitative estimate of drug-likeness (QED) is 0.288. The van der Waals surface area contributed by atoms with Crippen molar-refractivity contribution in [2.45, 2.75) is 24.0 Å². The maximum Gasteiger partial charge on any atom is 0.271 e. The zero-order valence-electron chi connectivity index (χ0n) is 15.6. The molecule has 142 valence electrons. The number of hydrogen-bond donors (Lipinski definition) is 1. The average Bonchev–Trinajstić information content (AvgIpc) is 2.75. The minimum Gasteiger partial charge on any atom is -0.267 e. The molecule has 0 radical (unpaired) electrons. The van der Waals surface area contributed by atoms with Crippen molar-refractivity contribution in [3.05, 3.63) is 101 Å². The number of hydrazone groups is 1. The summed E-state index contributed by atoms with van der Waals surface area (Å²) < 4.78 is 0. The van der Waals surface area contributed by atoms with Crippen LogP contribution in [-0.4, -0.2) is 11.6 Å². The molecule has 0 spiro atoms. The highest BCUT2D eigenvalue weighted by Crippen LogP contribution is 2.24. The molecule has 0 aromatic heterocycles. The molecular formula is C23H21ClN2OS. The van der Waals surface area contributed by atoms with Crippen molar-refractivity contribution in [2.75, 3.05) is 0 Å². The molecular weight excluding hydrogens is 388 g/mol. The Morgan fingerprint density at radius 2 is 1.61 bits per heavy atom. The fourth-order valence-corrected chi connectivity index (χ4v) is 3.59. The predicted molar refractivity (Wildman–Crippen MR) is 118 cm³/mol. The summed E-state index contributed by atoms with van der Waals surface area (Å²) in [6.07, 6.45) is 0.741. The molecule has 3 nitrogen and oxygen atoms in total. The molecule has 0 heterocycles. The maximum absolute atomic E-state index is 12.4. The molecule has 0 aliphatic rings. The minimum atomic E-state index is -0.209. The second-order valence-corrected chi connectivity index (χ2v) is 7.64. The van der Waals surface area contributed by atoms with Gasteiger partial charge in [-0.15, -0.1) is 11.8 Å². The largest absolute Gasteiger partial charge is 0.271 e. The van der Waals surface area contributed by atoms with Gasteiger partial charge in [0, 0.05) is 21.2 Å². The molecule has 0 saturated heterocycles. The molecule has 1 N–H and O–H groups in total. The first-order valence-electron chi connectivity index (χ1n) is 9.05.